The third-order valence-corrected chi connectivity index (χ3v) is 3.02. The van der Waals surface area contributed by atoms with Gasteiger partial charge in [0.2, 0.25) is 0 Å². The van der Waals surface area contributed by atoms with Crippen LogP contribution in [0.2, 0.25) is 0 Å². The number of benzene rings is 1. The largest absolute Gasteiger partial charge is 0.458 e. The monoisotopic (exact) mass is 273 g/mol. The number of carbonyl (C=O) groups excluding carboxylic acids is 1. The second kappa shape index (κ2) is 5.45. The van der Waals surface area contributed by atoms with Crippen molar-refractivity contribution in [2.45, 2.75) is 40.7 Å². The van der Waals surface area contributed by atoms with Gasteiger partial charge in [0.05, 0.1) is 17.5 Å². The molecule has 0 amide bonds. The Balaban J connectivity index is 2.43. The summed E-state index contributed by atoms with van der Waals surface area (Å²) < 4.78 is 6.85. The van der Waals surface area contributed by atoms with Crippen LogP contribution in [0.5, 0.6) is 0 Å². The van der Waals surface area contributed by atoms with E-state index in [2.05, 4.69) is 10.3 Å². The van der Waals surface area contributed by atoms with Gasteiger partial charge in [-0.1, -0.05) is 17.3 Å². The lowest BCUT2D eigenvalue weighted by Crippen LogP contribution is -2.13. The summed E-state index contributed by atoms with van der Waals surface area (Å²) in [6.07, 6.45) is -0.173. The zero-order valence-corrected chi connectivity index (χ0v) is 12.5. The molecule has 0 saturated heterocycles. The van der Waals surface area contributed by atoms with E-state index in [0.29, 0.717) is 5.69 Å². The highest BCUT2D eigenvalue weighted by Crippen LogP contribution is 2.18. The molecule has 1 heterocycles. The van der Waals surface area contributed by atoms with E-state index in [0.717, 1.165) is 16.8 Å². The molecule has 0 aliphatic rings. The van der Waals surface area contributed by atoms with Crippen molar-refractivity contribution in [1.82, 2.24) is 15.0 Å². The van der Waals surface area contributed by atoms with E-state index in [1.807, 2.05) is 52.8 Å². The Morgan fingerprint density at radius 1 is 1.25 bits per heavy atom. The van der Waals surface area contributed by atoms with Crippen LogP contribution in [0, 0.1) is 20.8 Å². The molecule has 1 aromatic carbocycles. The van der Waals surface area contributed by atoms with Gasteiger partial charge < -0.3 is 4.74 Å². The fourth-order valence-corrected chi connectivity index (χ4v) is 1.96. The first-order valence-corrected chi connectivity index (χ1v) is 6.61. The lowest BCUT2D eigenvalue weighted by atomic mass is 10.1. The van der Waals surface area contributed by atoms with Crippen molar-refractivity contribution in [3.63, 3.8) is 0 Å². The van der Waals surface area contributed by atoms with Crippen LogP contribution in [0.4, 0.5) is 0 Å². The lowest BCUT2D eigenvalue weighted by Gasteiger charge is -2.09. The van der Waals surface area contributed by atoms with Crippen molar-refractivity contribution >= 4 is 5.97 Å². The SMILES string of the molecule is Cc1ccc(C)c(-n2nnc(C(=O)OC(C)C)c2C)c1. The summed E-state index contributed by atoms with van der Waals surface area (Å²) in [5, 5.41) is 8.04. The highest BCUT2D eigenvalue weighted by Gasteiger charge is 2.20. The van der Waals surface area contributed by atoms with Gasteiger partial charge in [0.1, 0.15) is 0 Å². The van der Waals surface area contributed by atoms with Gasteiger partial charge in [-0.3, -0.25) is 0 Å². The maximum absolute atomic E-state index is 11.9. The Labute approximate surface area is 118 Å². The van der Waals surface area contributed by atoms with Crippen LogP contribution < -0.4 is 0 Å². The van der Waals surface area contributed by atoms with E-state index in [1.165, 1.54) is 0 Å². The number of ether oxygens (including phenoxy) is 1. The highest BCUT2D eigenvalue weighted by atomic mass is 16.5. The Kier molecular flexibility index (Phi) is 3.88. The van der Waals surface area contributed by atoms with E-state index in [9.17, 15) is 4.79 Å². The predicted octanol–water partition coefficient (Wildman–Crippen LogP) is 2.76. The molecule has 2 aromatic rings. The van der Waals surface area contributed by atoms with Crippen molar-refractivity contribution in [3.8, 4) is 5.69 Å². The number of aromatic nitrogens is 3. The van der Waals surface area contributed by atoms with Crippen LogP contribution in [0.3, 0.4) is 0 Å². The average molecular weight is 273 g/mol. The van der Waals surface area contributed by atoms with Gasteiger partial charge in [0.25, 0.3) is 0 Å². The van der Waals surface area contributed by atoms with Crippen LogP contribution in [0.25, 0.3) is 5.69 Å². The molecule has 1 aromatic heterocycles. The van der Waals surface area contributed by atoms with E-state index in [4.69, 9.17) is 4.74 Å². The fourth-order valence-electron chi connectivity index (χ4n) is 1.96. The Morgan fingerprint density at radius 3 is 2.60 bits per heavy atom. The quantitative estimate of drug-likeness (QED) is 0.807. The average Bonchev–Trinajstić information content (AvgIpc) is 2.73. The molecule has 0 aliphatic heterocycles. The minimum absolute atomic E-state index is 0.173. The van der Waals surface area contributed by atoms with Crippen molar-refractivity contribution < 1.29 is 9.53 Å². The summed E-state index contributed by atoms with van der Waals surface area (Å²) in [5.41, 5.74) is 4.08. The summed E-state index contributed by atoms with van der Waals surface area (Å²) >= 11 is 0. The number of nitrogens with zero attached hydrogens (tertiary/aromatic N) is 3. The standard InChI is InChI=1S/C15H19N3O2/c1-9(2)20-15(19)14-12(5)18(17-16-14)13-8-10(3)6-7-11(13)4/h6-9H,1-5H3. The first-order chi connectivity index (χ1) is 9.40. The third-order valence-electron chi connectivity index (χ3n) is 3.02. The molecule has 0 atom stereocenters. The molecule has 0 fully saturated rings. The smallest absolute Gasteiger partial charge is 0.361 e. The van der Waals surface area contributed by atoms with Gasteiger partial charge in [-0.05, 0) is 51.8 Å². The zero-order valence-electron chi connectivity index (χ0n) is 12.5. The van der Waals surface area contributed by atoms with Gasteiger partial charge in [-0.25, -0.2) is 9.48 Å². The van der Waals surface area contributed by atoms with E-state index < -0.39 is 5.97 Å². The Hall–Kier alpha value is -2.17. The van der Waals surface area contributed by atoms with Crippen LogP contribution in [0.15, 0.2) is 18.2 Å². The molecule has 0 aliphatic carbocycles. The minimum Gasteiger partial charge on any atom is -0.458 e. The summed E-state index contributed by atoms with van der Waals surface area (Å²) in [5.74, 6) is -0.436. The van der Waals surface area contributed by atoms with E-state index in [1.54, 1.807) is 4.68 Å². The highest BCUT2D eigenvalue weighted by molar-refractivity contribution is 5.88. The number of rotatable bonds is 3. The molecule has 0 radical (unpaired) electrons. The van der Waals surface area contributed by atoms with Gasteiger partial charge >= 0.3 is 5.97 Å². The van der Waals surface area contributed by atoms with E-state index >= 15 is 0 Å². The molecule has 20 heavy (non-hydrogen) atoms. The molecule has 2 rings (SSSR count). The summed E-state index contributed by atoms with van der Waals surface area (Å²) in [7, 11) is 0. The normalized spacial score (nSPS) is 10.9. The second-order valence-corrected chi connectivity index (χ2v) is 5.18. The molecule has 0 N–H and O–H groups in total. The molecular formula is C15H19N3O2. The zero-order chi connectivity index (χ0) is 14.9. The molecule has 0 spiro atoms. The molecule has 5 nitrogen and oxygen atoms in total. The lowest BCUT2D eigenvalue weighted by molar-refractivity contribution is 0.0370. The van der Waals surface area contributed by atoms with Crippen LogP contribution >= 0.6 is 0 Å². The van der Waals surface area contributed by atoms with Crippen LogP contribution in [0.1, 0.15) is 41.2 Å². The van der Waals surface area contributed by atoms with Crippen molar-refractivity contribution in [2.24, 2.45) is 0 Å². The van der Waals surface area contributed by atoms with Gasteiger partial charge in [0, 0.05) is 0 Å². The minimum atomic E-state index is -0.436. The second-order valence-electron chi connectivity index (χ2n) is 5.18. The van der Waals surface area contributed by atoms with Crippen molar-refractivity contribution in [2.75, 3.05) is 0 Å². The van der Waals surface area contributed by atoms with E-state index in [-0.39, 0.29) is 11.8 Å². The van der Waals surface area contributed by atoms with Gasteiger partial charge in [-0.15, -0.1) is 5.10 Å². The number of carbonyl (C=O) groups is 1. The molecule has 0 saturated carbocycles. The molecule has 0 bridgehead atoms. The summed E-state index contributed by atoms with van der Waals surface area (Å²) in [4.78, 5) is 11.9. The third kappa shape index (κ3) is 2.71. The van der Waals surface area contributed by atoms with Crippen LogP contribution in [-0.4, -0.2) is 27.1 Å². The number of aryl methyl sites for hydroxylation is 2. The molecular weight excluding hydrogens is 254 g/mol. The Morgan fingerprint density at radius 2 is 1.95 bits per heavy atom. The van der Waals surface area contributed by atoms with Crippen molar-refractivity contribution in [1.29, 1.82) is 0 Å². The molecule has 5 heteroatoms. The fraction of sp³-hybridized carbons (Fsp3) is 0.400. The number of hydrogen-bond donors (Lipinski definition) is 0. The maximum atomic E-state index is 11.9. The number of hydrogen-bond acceptors (Lipinski definition) is 4. The van der Waals surface area contributed by atoms with Crippen molar-refractivity contribution in [3.05, 3.63) is 40.7 Å². The predicted molar refractivity (Wildman–Crippen MR) is 76.1 cm³/mol. The number of esters is 1. The summed E-state index contributed by atoms with van der Waals surface area (Å²) in [6, 6.07) is 6.09. The first kappa shape index (κ1) is 14.2. The van der Waals surface area contributed by atoms with Gasteiger partial charge in [0.15, 0.2) is 5.69 Å². The summed E-state index contributed by atoms with van der Waals surface area (Å²) in [6.45, 7) is 9.45. The van der Waals surface area contributed by atoms with Crippen LogP contribution in [-0.2, 0) is 4.74 Å². The van der Waals surface area contributed by atoms with Gasteiger partial charge in [-0.2, -0.15) is 0 Å². The first-order valence-electron chi connectivity index (χ1n) is 6.61. The topological polar surface area (TPSA) is 57.0 Å². The maximum Gasteiger partial charge on any atom is 0.361 e. The Bertz CT molecular complexity index is 645. The molecule has 106 valence electrons. The molecule has 0 unspecified atom stereocenters.